The molecule has 1 amide bonds. The molecule has 0 radical (unpaired) electrons. The fourth-order valence-electron chi connectivity index (χ4n) is 3.04. The highest BCUT2D eigenvalue weighted by Gasteiger charge is 2.33. The van der Waals surface area contributed by atoms with E-state index in [2.05, 4.69) is 12.2 Å². The maximum absolute atomic E-state index is 11.8. The fraction of sp³-hybridized carbons (Fsp3) is 0.929. The van der Waals surface area contributed by atoms with Crippen LogP contribution >= 0.6 is 0 Å². The molecule has 3 heteroatoms. The summed E-state index contributed by atoms with van der Waals surface area (Å²) in [6, 6.07) is 0.0937. The summed E-state index contributed by atoms with van der Waals surface area (Å²) in [7, 11) is 0. The van der Waals surface area contributed by atoms with Gasteiger partial charge in [0.15, 0.2) is 0 Å². The van der Waals surface area contributed by atoms with Gasteiger partial charge in [-0.05, 0) is 43.4 Å². The zero-order valence-electron chi connectivity index (χ0n) is 11.0. The molecule has 1 unspecified atom stereocenters. The Hall–Kier alpha value is -0.570. The largest absolute Gasteiger partial charge is 0.355 e. The molecule has 0 aliphatic heterocycles. The average Bonchev–Trinajstić information content (AvgIpc) is 3.07. The number of hydrogen-bond acceptors (Lipinski definition) is 2. The van der Waals surface area contributed by atoms with Gasteiger partial charge < -0.3 is 11.1 Å². The quantitative estimate of drug-likeness (QED) is 0.745. The predicted molar refractivity (Wildman–Crippen MR) is 69.5 cm³/mol. The van der Waals surface area contributed by atoms with Gasteiger partial charge >= 0.3 is 0 Å². The second-order valence-corrected chi connectivity index (χ2v) is 6.04. The van der Waals surface area contributed by atoms with Crippen molar-refractivity contribution in [2.75, 3.05) is 6.54 Å². The maximum atomic E-state index is 11.8. The van der Waals surface area contributed by atoms with Crippen molar-refractivity contribution in [2.45, 2.75) is 64.3 Å². The predicted octanol–water partition coefficient (Wildman–Crippen LogP) is 2.20. The van der Waals surface area contributed by atoms with Gasteiger partial charge in [-0.15, -0.1) is 0 Å². The van der Waals surface area contributed by atoms with E-state index in [1.165, 1.54) is 44.9 Å². The van der Waals surface area contributed by atoms with Crippen molar-refractivity contribution < 1.29 is 4.79 Å². The molecule has 2 aliphatic rings. The SMILES string of the molecule is CCC1(CNC(=O)CC(N)C2CC2)CCCC1. The van der Waals surface area contributed by atoms with E-state index in [-0.39, 0.29) is 11.9 Å². The van der Waals surface area contributed by atoms with Crippen molar-refractivity contribution in [3.8, 4) is 0 Å². The van der Waals surface area contributed by atoms with Crippen LogP contribution < -0.4 is 11.1 Å². The molecule has 2 saturated carbocycles. The number of nitrogens with one attached hydrogen (secondary N) is 1. The first-order valence-electron chi connectivity index (χ1n) is 7.17. The molecular formula is C14H26N2O. The van der Waals surface area contributed by atoms with Crippen molar-refractivity contribution in [3.63, 3.8) is 0 Å². The van der Waals surface area contributed by atoms with Gasteiger partial charge in [0.25, 0.3) is 0 Å². The molecule has 2 fully saturated rings. The van der Waals surface area contributed by atoms with Crippen LogP contribution in [0.1, 0.15) is 58.3 Å². The van der Waals surface area contributed by atoms with E-state index in [0.717, 1.165) is 6.54 Å². The highest BCUT2D eigenvalue weighted by Crippen LogP contribution is 2.40. The Balaban J connectivity index is 1.71. The van der Waals surface area contributed by atoms with Crippen LogP contribution in [0.2, 0.25) is 0 Å². The summed E-state index contributed by atoms with van der Waals surface area (Å²) in [5.41, 5.74) is 6.36. The average molecular weight is 238 g/mol. The topological polar surface area (TPSA) is 55.1 Å². The number of rotatable bonds is 6. The van der Waals surface area contributed by atoms with E-state index in [4.69, 9.17) is 5.73 Å². The van der Waals surface area contributed by atoms with E-state index in [1.54, 1.807) is 0 Å². The minimum Gasteiger partial charge on any atom is -0.355 e. The molecule has 0 aromatic carbocycles. The third-order valence-corrected chi connectivity index (χ3v) is 4.72. The molecule has 3 N–H and O–H groups in total. The van der Waals surface area contributed by atoms with Gasteiger partial charge in [-0.25, -0.2) is 0 Å². The molecule has 0 saturated heterocycles. The summed E-state index contributed by atoms with van der Waals surface area (Å²) >= 11 is 0. The van der Waals surface area contributed by atoms with Crippen LogP contribution in [0.25, 0.3) is 0 Å². The van der Waals surface area contributed by atoms with E-state index in [1.807, 2.05) is 0 Å². The van der Waals surface area contributed by atoms with Crippen molar-refractivity contribution in [3.05, 3.63) is 0 Å². The molecular weight excluding hydrogens is 212 g/mol. The van der Waals surface area contributed by atoms with Crippen LogP contribution in [0.4, 0.5) is 0 Å². The number of nitrogens with two attached hydrogens (primary N) is 1. The van der Waals surface area contributed by atoms with Crippen LogP contribution in [-0.4, -0.2) is 18.5 Å². The summed E-state index contributed by atoms with van der Waals surface area (Å²) in [5, 5.41) is 3.11. The summed E-state index contributed by atoms with van der Waals surface area (Å²) in [6.45, 7) is 3.10. The molecule has 2 aliphatic carbocycles. The number of hydrogen-bond donors (Lipinski definition) is 2. The standard InChI is InChI=1S/C14H26N2O/c1-2-14(7-3-4-8-14)10-16-13(17)9-12(15)11-5-6-11/h11-12H,2-10,15H2,1H3,(H,16,17). The summed E-state index contributed by atoms with van der Waals surface area (Å²) in [5.74, 6) is 0.775. The van der Waals surface area contributed by atoms with Gasteiger partial charge in [-0.1, -0.05) is 19.8 Å². The van der Waals surface area contributed by atoms with Gasteiger partial charge in [0.2, 0.25) is 5.91 Å². The minimum absolute atomic E-state index is 0.0937. The van der Waals surface area contributed by atoms with Crippen LogP contribution in [-0.2, 0) is 4.79 Å². The molecule has 2 rings (SSSR count). The number of amides is 1. The van der Waals surface area contributed by atoms with Crippen LogP contribution in [0.5, 0.6) is 0 Å². The van der Waals surface area contributed by atoms with E-state index in [0.29, 0.717) is 17.8 Å². The molecule has 0 aromatic heterocycles. The third-order valence-electron chi connectivity index (χ3n) is 4.72. The van der Waals surface area contributed by atoms with Gasteiger partial charge in [0.1, 0.15) is 0 Å². The van der Waals surface area contributed by atoms with Crippen molar-refractivity contribution in [2.24, 2.45) is 17.1 Å². The van der Waals surface area contributed by atoms with E-state index >= 15 is 0 Å². The van der Waals surface area contributed by atoms with Crippen LogP contribution in [0, 0.1) is 11.3 Å². The van der Waals surface area contributed by atoms with Gasteiger partial charge in [-0.3, -0.25) is 4.79 Å². The second-order valence-electron chi connectivity index (χ2n) is 6.04. The Morgan fingerprint density at radius 3 is 2.59 bits per heavy atom. The Morgan fingerprint density at radius 2 is 2.06 bits per heavy atom. The molecule has 0 heterocycles. The zero-order chi connectivity index (χ0) is 12.3. The molecule has 3 nitrogen and oxygen atoms in total. The lowest BCUT2D eigenvalue weighted by atomic mass is 9.83. The number of carbonyl (C=O) groups is 1. The molecule has 0 aromatic rings. The fourth-order valence-corrected chi connectivity index (χ4v) is 3.04. The maximum Gasteiger partial charge on any atom is 0.221 e. The highest BCUT2D eigenvalue weighted by molar-refractivity contribution is 5.76. The molecule has 98 valence electrons. The second kappa shape index (κ2) is 5.38. The first-order valence-corrected chi connectivity index (χ1v) is 7.17. The van der Waals surface area contributed by atoms with Gasteiger partial charge in [0, 0.05) is 19.0 Å². The van der Waals surface area contributed by atoms with Crippen molar-refractivity contribution >= 4 is 5.91 Å². The Kier molecular flexibility index (Phi) is 4.08. The Labute approximate surface area is 105 Å². The lowest BCUT2D eigenvalue weighted by molar-refractivity contribution is -0.122. The van der Waals surface area contributed by atoms with Crippen molar-refractivity contribution in [1.29, 1.82) is 0 Å². The first-order chi connectivity index (χ1) is 8.15. The zero-order valence-corrected chi connectivity index (χ0v) is 11.0. The first kappa shape index (κ1) is 12.9. The van der Waals surface area contributed by atoms with Crippen molar-refractivity contribution in [1.82, 2.24) is 5.32 Å². The third kappa shape index (κ3) is 3.44. The summed E-state index contributed by atoms with van der Waals surface area (Å²) in [6.07, 6.45) is 9.33. The smallest absolute Gasteiger partial charge is 0.221 e. The molecule has 0 spiro atoms. The lowest BCUT2D eigenvalue weighted by Gasteiger charge is -2.27. The summed E-state index contributed by atoms with van der Waals surface area (Å²) < 4.78 is 0. The summed E-state index contributed by atoms with van der Waals surface area (Å²) in [4.78, 5) is 11.8. The molecule has 1 atom stereocenters. The lowest BCUT2D eigenvalue weighted by Crippen LogP contribution is -2.38. The van der Waals surface area contributed by atoms with Gasteiger partial charge in [-0.2, -0.15) is 0 Å². The van der Waals surface area contributed by atoms with E-state index in [9.17, 15) is 4.79 Å². The van der Waals surface area contributed by atoms with Crippen LogP contribution in [0.3, 0.4) is 0 Å². The van der Waals surface area contributed by atoms with E-state index < -0.39 is 0 Å². The number of carbonyl (C=O) groups excluding carboxylic acids is 1. The molecule has 0 bridgehead atoms. The Morgan fingerprint density at radius 1 is 1.41 bits per heavy atom. The normalized spacial score (nSPS) is 24.6. The molecule has 17 heavy (non-hydrogen) atoms. The van der Waals surface area contributed by atoms with Crippen LogP contribution in [0.15, 0.2) is 0 Å². The highest BCUT2D eigenvalue weighted by atomic mass is 16.1. The monoisotopic (exact) mass is 238 g/mol. The van der Waals surface area contributed by atoms with Gasteiger partial charge in [0.05, 0.1) is 0 Å². The minimum atomic E-state index is 0.0937. The Bertz CT molecular complexity index is 267.